The molecule has 106 valence electrons. The SMILES string of the molecule is FC(F)(F)CCCCNCc1cccc2c1OCO2. The molecule has 0 bridgehead atoms. The van der Waals surface area contributed by atoms with Gasteiger partial charge in [0.15, 0.2) is 11.5 Å². The Morgan fingerprint density at radius 3 is 2.79 bits per heavy atom. The molecule has 0 aromatic heterocycles. The van der Waals surface area contributed by atoms with Crippen molar-refractivity contribution in [3.8, 4) is 11.5 Å². The van der Waals surface area contributed by atoms with Crippen molar-refractivity contribution in [2.45, 2.75) is 32.0 Å². The average molecular weight is 275 g/mol. The lowest BCUT2D eigenvalue weighted by Gasteiger charge is -2.08. The van der Waals surface area contributed by atoms with Crippen molar-refractivity contribution < 1.29 is 22.6 Å². The highest BCUT2D eigenvalue weighted by molar-refractivity contribution is 5.48. The third-order valence-electron chi connectivity index (χ3n) is 2.86. The minimum atomic E-state index is -4.05. The molecule has 2 rings (SSSR count). The zero-order chi connectivity index (χ0) is 13.7. The fourth-order valence-corrected chi connectivity index (χ4v) is 1.93. The monoisotopic (exact) mass is 275 g/mol. The molecule has 0 radical (unpaired) electrons. The Kier molecular flexibility index (Phi) is 4.52. The van der Waals surface area contributed by atoms with E-state index in [1.165, 1.54) is 0 Å². The van der Waals surface area contributed by atoms with Gasteiger partial charge in [-0.05, 0) is 25.5 Å². The maximum atomic E-state index is 11.9. The smallest absolute Gasteiger partial charge is 0.389 e. The Morgan fingerprint density at radius 2 is 2.00 bits per heavy atom. The lowest BCUT2D eigenvalue weighted by Crippen LogP contribution is -2.16. The summed E-state index contributed by atoms with van der Waals surface area (Å²) in [7, 11) is 0. The zero-order valence-electron chi connectivity index (χ0n) is 10.4. The number of ether oxygens (including phenoxy) is 2. The molecule has 0 saturated heterocycles. The van der Waals surface area contributed by atoms with Gasteiger partial charge in [0.25, 0.3) is 0 Å². The van der Waals surface area contributed by atoms with Crippen LogP contribution >= 0.6 is 0 Å². The number of unbranched alkanes of at least 4 members (excludes halogenated alkanes) is 1. The Balaban J connectivity index is 1.68. The van der Waals surface area contributed by atoms with Crippen molar-refractivity contribution in [2.75, 3.05) is 13.3 Å². The summed E-state index contributed by atoms with van der Waals surface area (Å²) in [6.45, 7) is 1.34. The number of benzene rings is 1. The second kappa shape index (κ2) is 6.14. The van der Waals surface area contributed by atoms with Gasteiger partial charge in [0.2, 0.25) is 6.79 Å². The molecule has 1 aromatic carbocycles. The van der Waals surface area contributed by atoms with E-state index in [0.29, 0.717) is 19.5 Å². The molecule has 3 nitrogen and oxygen atoms in total. The molecule has 1 heterocycles. The summed E-state index contributed by atoms with van der Waals surface area (Å²) < 4.78 is 46.4. The molecule has 0 fully saturated rings. The van der Waals surface area contributed by atoms with Gasteiger partial charge >= 0.3 is 6.18 Å². The second-order valence-corrected chi connectivity index (χ2v) is 4.40. The minimum Gasteiger partial charge on any atom is -0.454 e. The summed E-state index contributed by atoms with van der Waals surface area (Å²) in [5.41, 5.74) is 0.964. The van der Waals surface area contributed by atoms with E-state index in [9.17, 15) is 13.2 Å². The van der Waals surface area contributed by atoms with Crippen LogP contribution in [0, 0.1) is 0 Å². The molecule has 0 amide bonds. The maximum absolute atomic E-state index is 11.9. The van der Waals surface area contributed by atoms with Crippen molar-refractivity contribution in [1.82, 2.24) is 5.32 Å². The number of alkyl halides is 3. The number of hydrogen-bond acceptors (Lipinski definition) is 3. The predicted molar refractivity (Wildman–Crippen MR) is 64.2 cm³/mol. The number of fused-ring (bicyclic) bond motifs is 1. The molecule has 0 aliphatic carbocycles. The Hall–Kier alpha value is -1.43. The fourth-order valence-electron chi connectivity index (χ4n) is 1.93. The van der Waals surface area contributed by atoms with Gasteiger partial charge in [-0.3, -0.25) is 0 Å². The van der Waals surface area contributed by atoms with Gasteiger partial charge in [0.05, 0.1) is 0 Å². The Morgan fingerprint density at radius 1 is 1.16 bits per heavy atom. The van der Waals surface area contributed by atoms with E-state index < -0.39 is 12.6 Å². The van der Waals surface area contributed by atoms with Crippen molar-refractivity contribution in [2.24, 2.45) is 0 Å². The van der Waals surface area contributed by atoms with Crippen LogP contribution in [0.4, 0.5) is 13.2 Å². The highest BCUT2D eigenvalue weighted by Crippen LogP contribution is 2.35. The number of nitrogens with one attached hydrogen (secondary N) is 1. The first-order valence-electron chi connectivity index (χ1n) is 6.21. The van der Waals surface area contributed by atoms with Gasteiger partial charge in [0, 0.05) is 18.5 Å². The molecule has 0 saturated carbocycles. The molecule has 1 aliphatic heterocycles. The van der Waals surface area contributed by atoms with Crippen LogP contribution in [0.25, 0.3) is 0 Å². The number of hydrogen-bond donors (Lipinski definition) is 1. The van der Waals surface area contributed by atoms with Gasteiger partial charge in [-0.15, -0.1) is 0 Å². The first kappa shape index (κ1) is 14.0. The molecule has 1 aliphatic rings. The number of rotatable bonds is 6. The van der Waals surface area contributed by atoms with Crippen molar-refractivity contribution in [3.63, 3.8) is 0 Å². The highest BCUT2D eigenvalue weighted by Gasteiger charge is 2.25. The van der Waals surface area contributed by atoms with E-state index in [-0.39, 0.29) is 13.2 Å². The quantitative estimate of drug-likeness (QED) is 0.808. The topological polar surface area (TPSA) is 30.5 Å². The third kappa shape index (κ3) is 4.31. The third-order valence-corrected chi connectivity index (χ3v) is 2.86. The summed E-state index contributed by atoms with van der Waals surface area (Å²) in [4.78, 5) is 0. The molecule has 19 heavy (non-hydrogen) atoms. The van der Waals surface area contributed by atoms with E-state index in [0.717, 1.165) is 17.1 Å². The number of halogens is 3. The van der Waals surface area contributed by atoms with Crippen LogP contribution in [-0.4, -0.2) is 19.5 Å². The van der Waals surface area contributed by atoms with Crippen LogP contribution < -0.4 is 14.8 Å². The fraction of sp³-hybridized carbons (Fsp3) is 0.538. The summed E-state index contributed by atoms with van der Waals surface area (Å²) >= 11 is 0. The van der Waals surface area contributed by atoms with Gasteiger partial charge in [-0.2, -0.15) is 13.2 Å². The van der Waals surface area contributed by atoms with E-state index in [1.54, 1.807) is 0 Å². The molecule has 1 N–H and O–H groups in total. The Bertz CT molecular complexity index is 421. The largest absolute Gasteiger partial charge is 0.454 e. The van der Waals surface area contributed by atoms with Crippen LogP contribution in [0.5, 0.6) is 11.5 Å². The zero-order valence-corrected chi connectivity index (χ0v) is 10.4. The molecular formula is C13H16F3NO2. The highest BCUT2D eigenvalue weighted by atomic mass is 19.4. The minimum absolute atomic E-state index is 0.156. The van der Waals surface area contributed by atoms with Gasteiger partial charge in [0.1, 0.15) is 0 Å². The van der Waals surface area contributed by atoms with Crippen LogP contribution in [0.1, 0.15) is 24.8 Å². The van der Waals surface area contributed by atoms with Crippen LogP contribution in [0.15, 0.2) is 18.2 Å². The van der Waals surface area contributed by atoms with Crippen molar-refractivity contribution in [3.05, 3.63) is 23.8 Å². The number of para-hydroxylation sites is 1. The summed E-state index contributed by atoms with van der Waals surface area (Å²) in [6, 6.07) is 5.61. The molecular weight excluding hydrogens is 259 g/mol. The molecule has 0 unspecified atom stereocenters. The van der Waals surface area contributed by atoms with Gasteiger partial charge in [-0.25, -0.2) is 0 Å². The Labute approximate surface area is 109 Å². The van der Waals surface area contributed by atoms with E-state index in [4.69, 9.17) is 9.47 Å². The molecule has 0 spiro atoms. The first-order chi connectivity index (χ1) is 9.06. The van der Waals surface area contributed by atoms with E-state index in [2.05, 4.69) is 5.32 Å². The summed E-state index contributed by atoms with van der Waals surface area (Å²) in [5.74, 6) is 1.45. The normalized spacial score (nSPS) is 13.8. The van der Waals surface area contributed by atoms with Crippen molar-refractivity contribution in [1.29, 1.82) is 0 Å². The van der Waals surface area contributed by atoms with Crippen LogP contribution in [0.3, 0.4) is 0 Å². The molecule has 0 atom stereocenters. The van der Waals surface area contributed by atoms with Crippen LogP contribution in [-0.2, 0) is 6.54 Å². The predicted octanol–water partition coefficient (Wildman–Crippen LogP) is 3.24. The van der Waals surface area contributed by atoms with Gasteiger partial charge in [-0.1, -0.05) is 12.1 Å². The standard InChI is InChI=1S/C13H16F3NO2/c14-13(15,16)6-1-2-7-17-8-10-4-3-5-11-12(10)19-9-18-11/h3-5,17H,1-2,6-9H2. The average Bonchev–Trinajstić information content (AvgIpc) is 2.81. The summed E-state index contributed by atoms with van der Waals surface area (Å²) in [5, 5.41) is 3.11. The van der Waals surface area contributed by atoms with Crippen LogP contribution in [0.2, 0.25) is 0 Å². The van der Waals surface area contributed by atoms with E-state index >= 15 is 0 Å². The second-order valence-electron chi connectivity index (χ2n) is 4.40. The molecule has 1 aromatic rings. The maximum Gasteiger partial charge on any atom is 0.389 e. The van der Waals surface area contributed by atoms with E-state index in [1.807, 2.05) is 18.2 Å². The summed E-state index contributed by atoms with van der Waals surface area (Å²) in [6.07, 6.45) is -4.10. The van der Waals surface area contributed by atoms with Crippen molar-refractivity contribution >= 4 is 0 Å². The van der Waals surface area contributed by atoms with Gasteiger partial charge < -0.3 is 14.8 Å². The molecule has 6 heteroatoms. The lowest BCUT2D eigenvalue weighted by atomic mass is 10.2. The first-order valence-corrected chi connectivity index (χ1v) is 6.21. The lowest BCUT2D eigenvalue weighted by molar-refractivity contribution is -0.135.